The molecule has 0 radical (unpaired) electrons. The Hall–Kier alpha value is -1.18. The highest BCUT2D eigenvalue weighted by Gasteiger charge is 2.32. The second-order valence-corrected chi connectivity index (χ2v) is 7.53. The number of amides is 2. The third-order valence-electron chi connectivity index (χ3n) is 5.09. The highest BCUT2D eigenvalue weighted by atomic mass is 16.5. The van der Waals surface area contributed by atoms with E-state index in [1.807, 2.05) is 19.0 Å². The fourth-order valence-electron chi connectivity index (χ4n) is 3.74. The number of likely N-dealkylation sites (N-methyl/N-ethyl adjacent to an activating group) is 1. The Morgan fingerprint density at radius 2 is 1.88 bits per heavy atom. The molecule has 3 N–H and O–H groups in total. The minimum atomic E-state index is -0.379. The normalized spacial score (nSPS) is 27.4. The van der Waals surface area contributed by atoms with Crippen LogP contribution >= 0.6 is 0 Å². The van der Waals surface area contributed by atoms with Gasteiger partial charge in [0.05, 0.1) is 25.3 Å². The van der Waals surface area contributed by atoms with E-state index in [1.165, 1.54) is 0 Å². The molecular weight excluding hydrogens is 322 g/mol. The van der Waals surface area contributed by atoms with E-state index in [1.54, 1.807) is 0 Å². The Morgan fingerprint density at radius 1 is 1.16 bits per heavy atom. The predicted octanol–water partition coefficient (Wildman–Crippen LogP) is 0.269. The van der Waals surface area contributed by atoms with Crippen molar-refractivity contribution in [1.82, 2.24) is 15.5 Å². The largest absolute Gasteiger partial charge is 0.394 e. The maximum atomic E-state index is 12.0. The highest BCUT2D eigenvalue weighted by molar-refractivity contribution is 5.79. The summed E-state index contributed by atoms with van der Waals surface area (Å²) in [6, 6.07) is -0.151. The Balaban J connectivity index is 1.69. The third kappa shape index (κ3) is 6.56. The fourth-order valence-corrected chi connectivity index (χ4v) is 3.74. The van der Waals surface area contributed by atoms with Crippen LogP contribution in [0.5, 0.6) is 0 Å². The molecule has 144 valence electrons. The van der Waals surface area contributed by atoms with Gasteiger partial charge in [-0.15, -0.1) is 0 Å². The lowest BCUT2D eigenvalue weighted by atomic mass is 9.97. The van der Waals surface area contributed by atoms with Gasteiger partial charge in [-0.05, 0) is 46.2 Å². The zero-order valence-corrected chi connectivity index (χ0v) is 15.5. The van der Waals surface area contributed by atoms with Crippen molar-refractivity contribution in [3.8, 4) is 0 Å². The Bertz CT molecular complexity index is 438. The van der Waals surface area contributed by atoms with E-state index in [4.69, 9.17) is 4.74 Å². The summed E-state index contributed by atoms with van der Waals surface area (Å²) in [5.41, 5.74) is 0. The van der Waals surface area contributed by atoms with E-state index >= 15 is 0 Å². The average Bonchev–Trinajstić information content (AvgIpc) is 3.09. The summed E-state index contributed by atoms with van der Waals surface area (Å²) in [6.45, 7) is 0.818. The summed E-state index contributed by atoms with van der Waals surface area (Å²) in [6.07, 6.45) is 6.31. The number of rotatable bonds is 8. The molecule has 0 aromatic carbocycles. The molecule has 1 heterocycles. The van der Waals surface area contributed by atoms with Gasteiger partial charge in [0, 0.05) is 12.5 Å². The molecule has 1 saturated heterocycles. The van der Waals surface area contributed by atoms with Gasteiger partial charge < -0.3 is 25.4 Å². The van der Waals surface area contributed by atoms with Crippen LogP contribution in [0.4, 0.5) is 0 Å². The predicted molar refractivity (Wildman–Crippen MR) is 95.1 cm³/mol. The summed E-state index contributed by atoms with van der Waals surface area (Å²) in [7, 11) is 3.69. The van der Waals surface area contributed by atoms with Crippen molar-refractivity contribution in [2.24, 2.45) is 5.92 Å². The number of carbonyl (C=O) groups is 2. The average molecular weight is 355 g/mol. The first-order chi connectivity index (χ1) is 12.0. The van der Waals surface area contributed by atoms with Gasteiger partial charge in [-0.3, -0.25) is 9.59 Å². The first-order valence-electron chi connectivity index (χ1n) is 9.47. The molecule has 2 fully saturated rings. The van der Waals surface area contributed by atoms with Crippen molar-refractivity contribution in [2.75, 3.05) is 33.8 Å². The quantitative estimate of drug-likeness (QED) is 0.581. The van der Waals surface area contributed by atoms with Crippen LogP contribution in [-0.4, -0.2) is 73.9 Å². The molecule has 3 atom stereocenters. The first-order valence-corrected chi connectivity index (χ1v) is 9.47. The van der Waals surface area contributed by atoms with Gasteiger partial charge >= 0.3 is 0 Å². The number of nitrogens with zero attached hydrogens (tertiary/aromatic N) is 1. The summed E-state index contributed by atoms with van der Waals surface area (Å²) < 4.78 is 5.93. The van der Waals surface area contributed by atoms with Crippen molar-refractivity contribution < 1.29 is 19.4 Å². The summed E-state index contributed by atoms with van der Waals surface area (Å²) in [5, 5.41) is 15.5. The Kier molecular flexibility index (Phi) is 8.12. The van der Waals surface area contributed by atoms with Crippen LogP contribution in [0.25, 0.3) is 0 Å². The molecule has 0 bridgehead atoms. The minimum absolute atomic E-state index is 0.0167. The van der Waals surface area contributed by atoms with Crippen LogP contribution in [0.1, 0.15) is 44.9 Å². The first kappa shape index (κ1) is 20.1. The molecule has 1 aliphatic heterocycles. The lowest BCUT2D eigenvalue weighted by Gasteiger charge is -2.36. The van der Waals surface area contributed by atoms with Gasteiger partial charge in [-0.2, -0.15) is 0 Å². The van der Waals surface area contributed by atoms with E-state index in [-0.39, 0.29) is 42.6 Å². The monoisotopic (exact) mass is 355 g/mol. The van der Waals surface area contributed by atoms with Crippen molar-refractivity contribution in [2.45, 2.75) is 63.2 Å². The molecule has 1 aliphatic carbocycles. The summed E-state index contributed by atoms with van der Waals surface area (Å²) in [5.74, 6) is 0.300. The molecule has 2 rings (SSSR count). The highest BCUT2D eigenvalue weighted by Crippen LogP contribution is 2.25. The smallest absolute Gasteiger partial charge is 0.234 e. The van der Waals surface area contributed by atoms with E-state index in [2.05, 4.69) is 10.6 Å². The molecule has 7 heteroatoms. The topological polar surface area (TPSA) is 90.9 Å². The van der Waals surface area contributed by atoms with E-state index < -0.39 is 0 Å². The van der Waals surface area contributed by atoms with E-state index in [9.17, 15) is 14.7 Å². The van der Waals surface area contributed by atoms with Gasteiger partial charge in [0.25, 0.3) is 0 Å². The SMILES string of the molecule is CN(C)CC(=O)N[C@@H]1CC[C@@H](CCNC(=O)C2CCCC2)O[C@@H]1CO. The molecule has 1 saturated carbocycles. The summed E-state index contributed by atoms with van der Waals surface area (Å²) >= 11 is 0. The third-order valence-corrected chi connectivity index (χ3v) is 5.09. The van der Waals surface area contributed by atoms with Gasteiger partial charge in [0.15, 0.2) is 0 Å². The second kappa shape index (κ2) is 10.1. The molecule has 2 aliphatic rings. The van der Waals surface area contributed by atoms with Crippen LogP contribution < -0.4 is 10.6 Å². The fraction of sp³-hybridized carbons (Fsp3) is 0.889. The second-order valence-electron chi connectivity index (χ2n) is 7.53. The molecule has 2 amide bonds. The number of carbonyl (C=O) groups excluding carboxylic acids is 2. The zero-order chi connectivity index (χ0) is 18.2. The summed E-state index contributed by atoms with van der Waals surface area (Å²) in [4.78, 5) is 25.7. The number of hydrogen-bond donors (Lipinski definition) is 3. The van der Waals surface area contributed by atoms with Crippen molar-refractivity contribution in [3.63, 3.8) is 0 Å². The van der Waals surface area contributed by atoms with E-state index in [0.717, 1.165) is 44.9 Å². The Morgan fingerprint density at radius 3 is 2.52 bits per heavy atom. The molecule has 0 aromatic rings. The minimum Gasteiger partial charge on any atom is -0.394 e. The van der Waals surface area contributed by atoms with Gasteiger partial charge in [-0.25, -0.2) is 0 Å². The van der Waals surface area contributed by atoms with Gasteiger partial charge in [0.2, 0.25) is 11.8 Å². The number of nitrogens with one attached hydrogen (secondary N) is 2. The van der Waals surface area contributed by atoms with Gasteiger partial charge in [0.1, 0.15) is 6.10 Å². The maximum Gasteiger partial charge on any atom is 0.234 e. The number of ether oxygens (including phenoxy) is 1. The Labute approximate surface area is 150 Å². The zero-order valence-electron chi connectivity index (χ0n) is 15.5. The van der Waals surface area contributed by atoms with Crippen LogP contribution in [0.15, 0.2) is 0 Å². The van der Waals surface area contributed by atoms with Gasteiger partial charge in [-0.1, -0.05) is 12.8 Å². The number of aliphatic hydroxyl groups excluding tert-OH is 1. The van der Waals surface area contributed by atoms with Crippen LogP contribution in [-0.2, 0) is 14.3 Å². The van der Waals surface area contributed by atoms with Crippen molar-refractivity contribution in [3.05, 3.63) is 0 Å². The molecule has 0 aromatic heterocycles. The number of aliphatic hydroxyl groups is 1. The standard InChI is InChI=1S/C18H33N3O4/c1-21(2)11-17(23)20-15-8-7-14(25-16(15)12-22)9-10-19-18(24)13-5-3-4-6-13/h13-16,22H,3-12H2,1-2H3,(H,19,24)(H,20,23)/t14-,15+,16+/m0/s1. The molecule has 25 heavy (non-hydrogen) atoms. The molecular formula is C18H33N3O4. The maximum absolute atomic E-state index is 12.0. The van der Waals surface area contributed by atoms with Crippen LogP contribution in [0.3, 0.4) is 0 Å². The molecule has 7 nitrogen and oxygen atoms in total. The van der Waals surface area contributed by atoms with Crippen LogP contribution in [0.2, 0.25) is 0 Å². The molecule has 0 unspecified atom stereocenters. The van der Waals surface area contributed by atoms with Crippen molar-refractivity contribution in [1.29, 1.82) is 0 Å². The van der Waals surface area contributed by atoms with Crippen molar-refractivity contribution >= 4 is 11.8 Å². The van der Waals surface area contributed by atoms with E-state index in [0.29, 0.717) is 13.1 Å². The lowest BCUT2D eigenvalue weighted by Crippen LogP contribution is -2.52. The van der Waals surface area contributed by atoms with Crippen LogP contribution in [0, 0.1) is 5.92 Å². The molecule has 0 spiro atoms. The number of hydrogen-bond acceptors (Lipinski definition) is 5. The lowest BCUT2D eigenvalue weighted by molar-refractivity contribution is -0.130.